The Hall–Kier alpha value is -4.24. The fraction of sp³-hybridized carbons (Fsp3) is 0.200. The first kappa shape index (κ1) is 33.7. The SMILES string of the molecule is Cc1cc(N(c2ccc(C(C)(C)C)cc2)c2ccc(C(C)(C)C)cc2)c(Cl)c(S(c2ccccc2)(c2ccccc2)c2ccccc2)c1. The predicted molar refractivity (Wildman–Crippen MR) is 208 cm³/mol. The Labute approximate surface area is 294 Å². The zero-order chi connectivity index (χ0) is 34.1. The second-order valence-corrected chi connectivity index (χ2v) is 18.0. The molecule has 1 nitrogen and oxygen atoms in total. The van der Waals surface area contributed by atoms with Crippen LogP contribution in [0.3, 0.4) is 0 Å². The third-order valence-electron chi connectivity index (χ3n) is 9.01. The van der Waals surface area contributed by atoms with Crippen LogP contribution in [0.15, 0.2) is 171 Å². The van der Waals surface area contributed by atoms with Crippen molar-refractivity contribution in [2.24, 2.45) is 0 Å². The van der Waals surface area contributed by atoms with Gasteiger partial charge in [-0.3, -0.25) is 0 Å². The molecule has 0 unspecified atom stereocenters. The lowest BCUT2D eigenvalue weighted by atomic mass is 9.86. The first-order valence-corrected chi connectivity index (χ1v) is 18.7. The molecule has 6 rings (SSSR count). The average molecular weight is 668 g/mol. The third-order valence-corrected chi connectivity index (χ3v) is 13.4. The maximum absolute atomic E-state index is 7.90. The van der Waals surface area contributed by atoms with Gasteiger partial charge in [0.15, 0.2) is 0 Å². The molecule has 0 saturated heterocycles. The molecule has 244 valence electrons. The highest BCUT2D eigenvalue weighted by molar-refractivity contribution is 8.34. The van der Waals surface area contributed by atoms with Crippen LogP contribution in [0.2, 0.25) is 5.02 Å². The number of benzene rings is 6. The molecule has 0 bridgehead atoms. The minimum atomic E-state index is -2.00. The molecule has 0 atom stereocenters. The normalized spacial score (nSPS) is 12.5. The van der Waals surface area contributed by atoms with Gasteiger partial charge in [-0.05, 0) is 107 Å². The Bertz CT molecular complexity index is 1820. The van der Waals surface area contributed by atoms with Crippen LogP contribution in [0.5, 0.6) is 0 Å². The van der Waals surface area contributed by atoms with E-state index in [1.54, 1.807) is 0 Å². The van der Waals surface area contributed by atoms with Crippen molar-refractivity contribution in [2.45, 2.75) is 78.9 Å². The largest absolute Gasteiger partial charge is 0.309 e. The fourth-order valence-corrected chi connectivity index (χ4v) is 11.0. The van der Waals surface area contributed by atoms with Crippen molar-refractivity contribution >= 4 is 38.7 Å². The summed E-state index contributed by atoms with van der Waals surface area (Å²) in [5, 5.41) is 0.756. The predicted octanol–water partition coefficient (Wildman–Crippen LogP) is 14.1. The minimum absolute atomic E-state index is 0.0515. The summed E-state index contributed by atoms with van der Waals surface area (Å²) < 4.78 is 0. The Morgan fingerprint density at radius 1 is 0.479 bits per heavy atom. The monoisotopic (exact) mass is 667 g/mol. The van der Waals surface area contributed by atoms with Crippen molar-refractivity contribution in [2.75, 3.05) is 4.90 Å². The summed E-state index contributed by atoms with van der Waals surface area (Å²) >= 11 is 7.90. The highest BCUT2D eigenvalue weighted by Gasteiger charge is 2.36. The van der Waals surface area contributed by atoms with Crippen LogP contribution in [-0.4, -0.2) is 0 Å². The van der Waals surface area contributed by atoms with Gasteiger partial charge in [-0.25, -0.2) is 0 Å². The van der Waals surface area contributed by atoms with E-state index < -0.39 is 10.0 Å². The van der Waals surface area contributed by atoms with Crippen molar-refractivity contribution in [3.05, 3.63) is 173 Å². The van der Waals surface area contributed by atoms with E-state index >= 15 is 0 Å². The number of nitrogens with zero attached hydrogens (tertiary/aromatic N) is 1. The number of halogens is 1. The molecule has 6 aromatic carbocycles. The van der Waals surface area contributed by atoms with E-state index in [9.17, 15) is 0 Å². The number of hydrogen-bond acceptors (Lipinski definition) is 1. The van der Waals surface area contributed by atoms with Crippen LogP contribution in [0, 0.1) is 6.92 Å². The Morgan fingerprint density at radius 3 is 1.17 bits per heavy atom. The lowest BCUT2D eigenvalue weighted by Gasteiger charge is -2.43. The second kappa shape index (κ2) is 13.3. The number of anilines is 3. The van der Waals surface area contributed by atoms with Crippen LogP contribution in [0.1, 0.15) is 58.2 Å². The van der Waals surface area contributed by atoms with Crippen molar-refractivity contribution in [1.82, 2.24) is 0 Å². The molecule has 3 heteroatoms. The molecule has 0 saturated carbocycles. The summed E-state index contributed by atoms with van der Waals surface area (Å²) in [6.07, 6.45) is 0. The topological polar surface area (TPSA) is 3.24 Å². The lowest BCUT2D eigenvalue weighted by Crippen LogP contribution is -2.15. The van der Waals surface area contributed by atoms with Gasteiger partial charge in [0.05, 0.1) is 10.7 Å². The van der Waals surface area contributed by atoms with Gasteiger partial charge in [0.25, 0.3) is 0 Å². The minimum Gasteiger partial charge on any atom is -0.309 e. The van der Waals surface area contributed by atoms with Gasteiger partial charge >= 0.3 is 0 Å². The van der Waals surface area contributed by atoms with Gasteiger partial charge in [0.1, 0.15) is 0 Å². The maximum Gasteiger partial charge on any atom is 0.0777 e. The van der Waals surface area contributed by atoms with Crippen LogP contribution >= 0.6 is 21.6 Å². The summed E-state index contributed by atoms with van der Waals surface area (Å²) in [6, 6.07) is 55.3. The zero-order valence-electron chi connectivity index (χ0n) is 29.2. The zero-order valence-corrected chi connectivity index (χ0v) is 30.7. The van der Waals surface area contributed by atoms with E-state index in [2.05, 4.69) is 205 Å². The molecule has 0 amide bonds. The Balaban J connectivity index is 1.68. The first-order chi connectivity index (χ1) is 22.9. The van der Waals surface area contributed by atoms with Gasteiger partial charge in [-0.1, -0.05) is 132 Å². The van der Waals surface area contributed by atoms with Gasteiger partial charge in [0.2, 0.25) is 0 Å². The number of aryl methyl sites for hydroxylation is 1. The van der Waals surface area contributed by atoms with Crippen LogP contribution in [0.25, 0.3) is 0 Å². The molecular weight excluding hydrogens is 622 g/mol. The standard InChI is InChI=1S/C45H46ClNS/c1-33-31-41(47(36-27-23-34(24-28-36)44(2,3)4)37-29-25-35(26-30-37)45(5,6)7)43(46)42(32-33)48(38-17-11-8-12-18-38,39-19-13-9-14-20-39)40-21-15-10-16-22-40/h8-32H,1-7H3. The summed E-state index contributed by atoms with van der Waals surface area (Å²) in [4.78, 5) is 7.21. The third kappa shape index (κ3) is 6.44. The Morgan fingerprint density at radius 2 is 0.833 bits per heavy atom. The quantitative estimate of drug-likeness (QED) is 0.164. The molecule has 0 aliphatic carbocycles. The summed E-state index contributed by atoms with van der Waals surface area (Å²) in [5.74, 6) is 0. The van der Waals surface area contributed by atoms with Gasteiger partial charge in [0, 0.05) is 31.0 Å². The smallest absolute Gasteiger partial charge is 0.0777 e. The fourth-order valence-electron chi connectivity index (χ4n) is 6.41. The molecule has 0 heterocycles. The molecule has 0 aliphatic rings. The van der Waals surface area contributed by atoms with E-state index in [0.717, 1.165) is 32.5 Å². The molecular formula is C45H46ClNS. The van der Waals surface area contributed by atoms with E-state index in [1.165, 1.54) is 25.8 Å². The van der Waals surface area contributed by atoms with Crippen molar-refractivity contribution in [1.29, 1.82) is 0 Å². The van der Waals surface area contributed by atoms with E-state index in [-0.39, 0.29) is 10.8 Å². The molecule has 0 N–H and O–H groups in total. The van der Waals surface area contributed by atoms with Gasteiger partial charge < -0.3 is 4.90 Å². The van der Waals surface area contributed by atoms with Crippen molar-refractivity contribution in [3.8, 4) is 0 Å². The summed E-state index contributed by atoms with van der Waals surface area (Å²) in [6.45, 7) is 15.7. The van der Waals surface area contributed by atoms with E-state index in [4.69, 9.17) is 11.6 Å². The van der Waals surface area contributed by atoms with Gasteiger partial charge in [-0.2, -0.15) is 0 Å². The molecule has 0 radical (unpaired) electrons. The molecule has 48 heavy (non-hydrogen) atoms. The van der Waals surface area contributed by atoms with Crippen molar-refractivity contribution < 1.29 is 0 Å². The van der Waals surface area contributed by atoms with Crippen molar-refractivity contribution in [3.63, 3.8) is 0 Å². The van der Waals surface area contributed by atoms with Gasteiger partial charge in [-0.15, -0.1) is 10.0 Å². The number of rotatable bonds is 7. The number of hydrogen-bond donors (Lipinski definition) is 0. The highest BCUT2D eigenvalue weighted by atomic mass is 35.5. The molecule has 0 aromatic heterocycles. The summed E-state index contributed by atoms with van der Waals surface area (Å²) in [7, 11) is -2.00. The molecule has 0 aliphatic heterocycles. The molecule has 0 spiro atoms. The molecule has 0 fully saturated rings. The molecule has 6 aromatic rings. The maximum atomic E-state index is 7.90. The van der Waals surface area contributed by atoms with Crippen LogP contribution < -0.4 is 4.90 Å². The van der Waals surface area contributed by atoms with Crippen LogP contribution in [0.4, 0.5) is 17.1 Å². The Kier molecular flexibility index (Phi) is 9.35. The van der Waals surface area contributed by atoms with Crippen LogP contribution in [-0.2, 0) is 10.8 Å². The van der Waals surface area contributed by atoms with E-state index in [0.29, 0.717) is 0 Å². The summed E-state index contributed by atoms with van der Waals surface area (Å²) in [5.41, 5.74) is 6.97. The lowest BCUT2D eigenvalue weighted by molar-refractivity contribution is 0.590. The highest BCUT2D eigenvalue weighted by Crippen LogP contribution is 2.75. The van der Waals surface area contributed by atoms with E-state index in [1.807, 2.05) is 0 Å². The first-order valence-electron chi connectivity index (χ1n) is 16.7. The second-order valence-electron chi connectivity index (χ2n) is 14.6. The average Bonchev–Trinajstić information content (AvgIpc) is 3.08.